The van der Waals surface area contributed by atoms with Crippen molar-refractivity contribution >= 4 is 17.5 Å². The molecule has 1 aliphatic heterocycles. The maximum Gasteiger partial charge on any atom is 0.270 e. The molecule has 0 aliphatic carbocycles. The van der Waals surface area contributed by atoms with Gasteiger partial charge < -0.3 is 15.2 Å². The van der Waals surface area contributed by atoms with Crippen molar-refractivity contribution in [3.63, 3.8) is 0 Å². The number of halogens is 1. The topological polar surface area (TPSA) is 48.1 Å². The molecule has 5 heteroatoms. The summed E-state index contributed by atoms with van der Waals surface area (Å²) in [4.78, 5) is 17.6. The van der Waals surface area contributed by atoms with Crippen LogP contribution in [0, 0.1) is 0 Å². The number of hydrogen-bond donors (Lipinski definition) is 2. The number of carbonyl (C=O) groups excluding carboxylic acids is 1. The number of H-pyrrole nitrogens is 1. The molecule has 1 unspecified atom stereocenters. The van der Waals surface area contributed by atoms with Gasteiger partial charge in [-0.3, -0.25) is 4.79 Å². The lowest BCUT2D eigenvalue weighted by atomic mass is 10.0. The zero-order valence-electron chi connectivity index (χ0n) is 12.6. The Labute approximate surface area is 135 Å². The Morgan fingerprint density at radius 1 is 1.36 bits per heavy atom. The van der Waals surface area contributed by atoms with Gasteiger partial charge in [0.15, 0.2) is 0 Å². The van der Waals surface area contributed by atoms with Gasteiger partial charge in [-0.1, -0.05) is 42.8 Å². The van der Waals surface area contributed by atoms with Crippen LogP contribution in [0.3, 0.4) is 0 Å². The van der Waals surface area contributed by atoms with E-state index in [0.717, 1.165) is 25.1 Å². The molecule has 1 amide bonds. The minimum atomic E-state index is -0.00188. The van der Waals surface area contributed by atoms with Gasteiger partial charge in [-0.25, -0.2) is 0 Å². The molecular weight excluding hydrogens is 298 g/mol. The molecule has 1 atom stereocenters. The van der Waals surface area contributed by atoms with E-state index in [2.05, 4.69) is 41.5 Å². The van der Waals surface area contributed by atoms with Crippen LogP contribution in [0.2, 0.25) is 5.02 Å². The highest BCUT2D eigenvalue weighted by Gasteiger charge is 2.29. The van der Waals surface area contributed by atoms with Gasteiger partial charge in [-0.15, -0.1) is 0 Å². The fourth-order valence-corrected chi connectivity index (χ4v) is 3.03. The Morgan fingerprint density at radius 2 is 2.14 bits per heavy atom. The molecule has 0 saturated carbocycles. The van der Waals surface area contributed by atoms with Crippen LogP contribution < -0.4 is 5.32 Å². The number of aromatic amines is 1. The second-order valence-corrected chi connectivity index (χ2v) is 5.98. The van der Waals surface area contributed by atoms with Crippen molar-refractivity contribution in [1.29, 1.82) is 0 Å². The quantitative estimate of drug-likeness (QED) is 0.914. The molecule has 1 aliphatic rings. The fourth-order valence-electron chi connectivity index (χ4n) is 2.87. The molecule has 2 N–H and O–H groups in total. The molecule has 3 rings (SSSR count). The number of carbonyl (C=O) groups is 1. The first-order valence-electron chi connectivity index (χ1n) is 7.63. The third-order valence-corrected chi connectivity index (χ3v) is 4.37. The van der Waals surface area contributed by atoms with Gasteiger partial charge in [0.25, 0.3) is 5.91 Å². The molecule has 0 bridgehead atoms. The Hall–Kier alpha value is -1.78. The van der Waals surface area contributed by atoms with Crippen molar-refractivity contribution in [2.75, 3.05) is 19.6 Å². The highest BCUT2D eigenvalue weighted by Crippen LogP contribution is 2.25. The number of nitrogens with one attached hydrogen (secondary N) is 2. The van der Waals surface area contributed by atoms with Crippen LogP contribution in [0.4, 0.5) is 0 Å². The lowest BCUT2D eigenvalue weighted by Crippen LogP contribution is -2.48. The maximum absolute atomic E-state index is 12.7. The molecule has 2 aromatic rings. The van der Waals surface area contributed by atoms with Crippen LogP contribution in [-0.4, -0.2) is 35.4 Å². The van der Waals surface area contributed by atoms with Crippen LogP contribution in [0.1, 0.15) is 34.6 Å². The summed E-state index contributed by atoms with van der Waals surface area (Å²) in [5.41, 5.74) is 3.01. The third kappa shape index (κ3) is 3.03. The Bertz CT molecular complexity index is 650. The van der Waals surface area contributed by atoms with E-state index in [-0.39, 0.29) is 11.9 Å². The van der Waals surface area contributed by atoms with Crippen molar-refractivity contribution < 1.29 is 4.79 Å². The predicted octanol–water partition coefficient (Wildman–Crippen LogP) is 3.02. The highest BCUT2D eigenvalue weighted by molar-refractivity contribution is 6.30. The smallest absolute Gasteiger partial charge is 0.270 e. The molecule has 1 aromatic carbocycles. The van der Waals surface area contributed by atoms with Crippen LogP contribution >= 0.6 is 11.6 Å². The standard InChI is InChI=1S/C17H20ClN3O/c1-2-12-3-5-13(6-4-12)16-11-19-7-8-21(16)17(22)15-9-14(18)10-20-15/h3-6,9-10,16,19-20H,2,7-8,11H2,1H3. The molecule has 2 heterocycles. The van der Waals surface area contributed by atoms with Crippen LogP contribution in [0.5, 0.6) is 0 Å². The van der Waals surface area contributed by atoms with Gasteiger partial charge in [-0.05, 0) is 23.6 Å². The van der Waals surface area contributed by atoms with Crippen LogP contribution in [0.15, 0.2) is 36.5 Å². The second-order valence-electron chi connectivity index (χ2n) is 5.55. The zero-order valence-corrected chi connectivity index (χ0v) is 13.4. The Balaban J connectivity index is 1.85. The van der Waals surface area contributed by atoms with E-state index >= 15 is 0 Å². The van der Waals surface area contributed by atoms with Crippen molar-refractivity contribution in [3.05, 3.63) is 58.4 Å². The summed E-state index contributed by atoms with van der Waals surface area (Å²) in [6.07, 6.45) is 2.66. The first kappa shape index (κ1) is 15.1. The molecule has 116 valence electrons. The molecule has 1 saturated heterocycles. The van der Waals surface area contributed by atoms with Gasteiger partial charge in [0.05, 0.1) is 11.1 Å². The number of aromatic nitrogens is 1. The largest absolute Gasteiger partial charge is 0.356 e. The molecular formula is C17H20ClN3O. The highest BCUT2D eigenvalue weighted by atomic mass is 35.5. The van der Waals surface area contributed by atoms with Gasteiger partial charge in [0.1, 0.15) is 5.69 Å². The van der Waals surface area contributed by atoms with Crippen molar-refractivity contribution in [2.45, 2.75) is 19.4 Å². The summed E-state index contributed by atoms with van der Waals surface area (Å²) in [5.74, 6) is -0.00188. The molecule has 22 heavy (non-hydrogen) atoms. The summed E-state index contributed by atoms with van der Waals surface area (Å²) < 4.78 is 0. The summed E-state index contributed by atoms with van der Waals surface area (Å²) in [7, 11) is 0. The average molecular weight is 318 g/mol. The van der Waals surface area contributed by atoms with Crippen molar-refractivity contribution in [3.8, 4) is 0 Å². The number of piperazine rings is 1. The first-order valence-corrected chi connectivity index (χ1v) is 8.01. The summed E-state index contributed by atoms with van der Waals surface area (Å²) in [5, 5.41) is 3.93. The van der Waals surface area contributed by atoms with Crippen LogP contribution in [-0.2, 0) is 6.42 Å². The minimum absolute atomic E-state index is 0.00188. The molecule has 0 radical (unpaired) electrons. The SMILES string of the molecule is CCc1ccc(C2CNCCN2C(=O)c2cc(Cl)c[nH]2)cc1. The molecule has 1 aromatic heterocycles. The van der Waals surface area contributed by atoms with Gasteiger partial charge in [-0.2, -0.15) is 0 Å². The van der Waals surface area contributed by atoms with Gasteiger partial charge in [0, 0.05) is 25.8 Å². The first-order chi connectivity index (χ1) is 10.7. The number of hydrogen-bond acceptors (Lipinski definition) is 2. The van der Waals surface area contributed by atoms with Crippen molar-refractivity contribution in [2.24, 2.45) is 0 Å². The summed E-state index contributed by atoms with van der Waals surface area (Å²) in [6, 6.07) is 10.3. The van der Waals surface area contributed by atoms with Gasteiger partial charge in [0.2, 0.25) is 0 Å². The van der Waals surface area contributed by atoms with E-state index in [0.29, 0.717) is 17.3 Å². The Morgan fingerprint density at radius 3 is 2.77 bits per heavy atom. The fraction of sp³-hybridized carbons (Fsp3) is 0.353. The van der Waals surface area contributed by atoms with E-state index in [4.69, 9.17) is 11.6 Å². The van der Waals surface area contributed by atoms with Gasteiger partial charge >= 0.3 is 0 Å². The van der Waals surface area contributed by atoms with E-state index in [1.54, 1.807) is 12.3 Å². The number of amides is 1. The normalized spacial score (nSPS) is 18.5. The molecule has 4 nitrogen and oxygen atoms in total. The summed E-state index contributed by atoms with van der Waals surface area (Å²) >= 11 is 5.92. The number of nitrogens with zero attached hydrogens (tertiary/aromatic N) is 1. The van der Waals surface area contributed by atoms with E-state index in [9.17, 15) is 4.79 Å². The monoisotopic (exact) mass is 317 g/mol. The Kier molecular flexibility index (Phi) is 4.50. The number of aryl methyl sites for hydroxylation is 1. The minimum Gasteiger partial charge on any atom is -0.356 e. The summed E-state index contributed by atoms with van der Waals surface area (Å²) in [6.45, 7) is 4.41. The second kappa shape index (κ2) is 6.55. The number of rotatable bonds is 3. The molecule has 1 fully saturated rings. The van der Waals surface area contributed by atoms with E-state index < -0.39 is 0 Å². The molecule has 0 spiro atoms. The maximum atomic E-state index is 12.7. The third-order valence-electron chi connectivity index (χ3n) is 4.16. The average Bonchev–Trinajstić information content (AvgIpc) is 3.01. The van der Waals surface area contributed by atoms with Crippen LogP contribution in [0.25, 0.3) is 0 Å². The van der Waals surface area contributed by atoms with Crippen molar-refractivity contribution in [1.82, 2.24) is 15.2 Å². The zero-order chi connectivity index (χ0) is 15.5. The lowest BCUT2D eigenvalue weighted by molar-refractivity contribution is 0.0629. The predicted molar refractivity (Wildman–Crippen MR) is 88.3 cm³/mol. The lowest BCUT2D eigenvalue weighted by Gasteiger charge is -2.36. The van der Waals surface area contributed by atoms with E-state index in [1.165, 1.54) is 5.56 Å². The van der Waals surface area contributed by atoms with E-state index in [1.807, 2.05) is 4.90 Å². The number of benzene rings is 1.